The van der Waals surface area contributed by atoms with Crippen LogP contribution in [0, 0.1) is 0 Å². The summed E-state index contributed by atoms with van der Waals surface area (Å²) in [4.78, 5) is 28.3. The number of ether oxygens (including phenoxy) is 1. The molecule has 2 amide bonds. The second-order valence-electron chi connectivity index (χ2n) is 6.43. The maximum absolute atomic E-state index is 12.4. The van der Waals surface area contributed by atoms with E-state index in [-0.39, 0.29) is 18.4 Å². The van der Waals surface area contributed by atoms with Crippen molar-refractivity contribution in [1.82, 2.24) is 19.6 Å². The third-order valence-corrected chi connectivity index (χ3v) is 4.70. The number of hydrogen-bond donors (Lipinski definition) is 0. The van der Waals surface area contributed by atoms with Crippen LogP contribution in [0.3, 0.4) is 0 Å². The Morgan fingerprint density at radius 2 is 2.12 bits per heavy atom. The van der Waals surface area contributed by atoms with E-state index in [2.05, 4.69) is 5.10 Å². The first-order chi connectivity index (χ1) is 12.6. The van der Waals surface area contributed by atoms with E-state index in [1.165, 1.54) is 0 Å². The molecular weight excluding hydrogens is 332 g/mol. The highest BCUT2D eigenvalue weighted by atomic mass is 16.5. The minimum atomic E-state index is -0.0204. The maximum Gasteiger partial charge on any atom is 0.242 e. The summed E-state index contributed by atoms with van der Waals surface area (Å²) in [7, 11) is 3.49. The van der Waals surface area contributed by atoms with Crippen LogP contribution in [0.1, 0.15) is 17.7 Å². The topological polar surface area (TPSA) is 67.7 Å². The zero-order valence-electron chi connectivity index (χ0n) is 15.2. The highest BCUT2D eigenvalue weighted by molar-refractivity contribution is 5.86. The molecule has 1 aromatic carbocycles. The SMILES string of the molecule is COc1cccc(CN2CCN(C(=O)CCc3ccnn3C)CC2=O)c1. The summed E-state index contributed by atoms with van der Waals surface area (Å²) in [6.07, 6.45) is 2.75. The lowest BCUT2D eigenvalue weighted by molar-refractivity contribution is -0.145. The molecule has 2 aromatic rings. The summed E-state index contributed by atoms with van der Waals surface area (Å²) in [5.74, 6) is 0.771. The molecule has 1 aliphatic heterocycles. The fourth-order valence-corrected chi connectivity index (χ4v) is 3.12. The molecule has 0 bridgehead atoms. The second-order valence-corrected chi connectivity index (χ2v) is 6.43. The lowest BCUT2D eigenvalue weighted by atomic mass is 10.1. The molecule has 1 aliphatic rings. The molecule has 0 radical (unpaired) electrons. The van der Waals surface area contributed by atoms with Crippen LogP contribution >= 0.6 is 0 Å². The van der Waals surface area contributed by atoms with Gasteiger partial charge in [0.05, 0.1) is 13.7 Å². The van der Waals surface area contributed by atoms with Gasteiger partial charge >= 0.3 is 0 Å². The van der Waals surface area contributed by atoms with Crippen molar-refractivity contribution in [2.24, 2.45) is 7.05 Å². The third kappa shape index (κ3) is 4.22. The first kappa shape index (κ1) is 18.0. The number of piperazine rings is 1. The van der Waals surface area contributed by atoms with E-state index in [1.54, 1.807) is 27.8 Å². The van der Waals surface area contributed by atoms with Crippen molar-refractivity contribution in [1.29, 1.82) is 0 Å². The Bertz CT molecular complexity index is 787. The van der Waals surface area contributed by atoms with Crippen molar-refractivity contribution in [2.45, 2.75) is 19.4 Å². The average Bonchev–Trinajstić information content (AvgIpc) is 3.06. The molecule has 0 unspecified atom stereocenters. The molecule has 2 heterocycles. The van der Waals surface area contributed by atoms with Crippen molar-refractivity contribution in [3.63, 3.8) is 0 Å². The van der Waals surface area contributed by atoms with Crippen LogP contribution in [0.2, 0.25) is 0 Å². The molecule has 26 heavy (non-hydrogen) atoms. The maximum atomic E-state index is 12.4. The average molecular weight is 356 g/mol. The van der Waals surface area contributed by atoms with Crippen LogP contribution in [-0.4, -0.2) is 58.1 Å². The molecule has 0 spiro atoms. The molecule has 0 atom stereocenters. The number of amides is 2. The smallest absolute Gasteiger partial charge is 0.242 e. The number of hydrogen-bond acceptors (Lipinski definition) is 4. The van der Waals surface area contributed by atoms with Crippen molar-refractivity contribution in [3.05, 3.63) is 47.8 Å². The first-order valence-corrected chi connectivity index (χ1v) is 8.72. The summed E-state index contributed by atoms with van der Waals surface area (Å²) in [6.45, 7) is 1.80. The largest absolute Gasteiger partial charge is 0.497 e. The number of aromatic nitrogens is 2. The van der Waals surface area contributed by atoms with Gasteiger partial charge in [0.25, 0.3) is 0 Å². The zero-order chi connectivity index (χ0) is 18.5. The van der Waals surface area contributed by atoms with Crippen molar-refractivity contribution < 1.29 is 14.3 Å². The quantitative estimate of drug-likeness (QED) is 0.781. The summed E-state index contributed by atoms with van der Waals surface area (Å²) in [5, 5.41) is 4.10. The Morgan fingerprint density at radius 1 is 1.27 bits per heavy atom. The Hall–Kier alpha value is -2.83. The van der Waals surface area contributed by atoms with Gasteiger partial charge in [-0.3, -0.25) is 14.3 Å². The third-order valence-electron chi connectivity index (χ3n) is 4.70. The zero-order valence-corrected chi connectivity index (χ0v) is 15.2. The molecule has 7 nitrogen and oxygen atoms in total. The van der Waals surface area contributed by atoms with E-state index in [9.17, 15) is 9.59 Å². The lowest BCUT2D eigenvalue weighted by Crippen LogP contribution is -2.51. The molecule has 1 saturated heterocycles. The minimum Gasteiger partial charge on any atom is -0.497 e. The van der Waals surface area contributed by atoms with Gasteiger partial charge in [0.15, 0.2) is 0 Å². The molecule has 0 aliphatic carbocycles. The first-order valence-electron chi connectivity index (χ1n) is 8.72. The summed E-state index contributed by atoms with van der Waals surface area (Å²) in [6, 6.07) is 9.60. The van der Waals surface area contributed by atoms with E-state index in [0.717, 1.165) is 17.0 Å². The van der Waals surface area contributed by atoms with E-state index in [4.69, 9.17) is 4.74 Å². The van der Waals surface area contributed by atoms with Gasteiger partial charge < -0.3 is 14.5 Å². The fourth-order valence-electron chi connectivity index (χ4n) is 3.12. The number of benzene rings is 1. The van der Waals surface area contributed by atoms with Crippen molar-refractivity contribution in [3.8, 4) is 5.75 Å². The number of carbonyl (C=O) groups excluding carboxylic acids is 2. The monoisotopic (exact) mass is 356 g/mol. The number of aryl methyl sites for hydroxylation is 2. The van der Waals surface area contributed by atoms with Crippen LogP contribution in [0.25, 0.3) is 0 Å². The Morgan fingerprint density at radius 3 is 2.81 bits per heavy atom. The van der Waals surface area contributed by atoms with Gasteiger partial charge in [-0.2, -0.15) is 5.10 Å². The summed E-state index contributed by atoms with van der Waals surface area (Å²) in [5.41, 5.74) is 2.04. The molecule has 1 aromatic heterocycles. The van der Waals surface area contributed by atoms with E-state index < -0.39 is 0 Å². The van der Waals surface area contributed by atoms with Gasteiger partial charge in [0.1, 0.15) is 5.75 Å². The fraction of sp³-hybridized carbons (Fsp3) is 0.421. The molecular formula is C19H24N4O3. The van der Waals surface area contributed by atoms with Gasteiger partial charge in [0.2, 0.25) is 11.8 Å². The highest BCUT2D eigenvalue weighted by Crippen LogP contribution is 2.16. The standard InChI is InChI=1S/C19H24N4O3/c1-21-16(8-9-20-21)6-7-18(24)23-11-10-22(19(25)14-23)13-15-4-3-5-17(12-15)26-2/h3-5,8-9,12H,6-7,10-11,13-14H2,1-2H3. The van der Waals surface area contributed by atoms with Crippen LogP contribution in [0.5, 0.6) is 5.75 Å². The molecule has 3 rings (SSSR count). The Kier molecular flexibility index (Phi) is 5.55. The highest BCUT2D eigenvalue weighted by Gasteiger charge is 2.27. The van der Waals surface area contributed by atoms with E-state index in [0.29, 0.717) is 32.5 Å². The van der Waals surface area contributed by atoms with E-state index >= 15 is 0 Å². The van der Waals surface area contributed by atoms with E-state index in [1.807, 2.05) is 37.4 Å². The van der Waals surface area contributed by atoms with Crippen molar-refractivity contribution in [2.75, 3.05) is 26.7 Å². The van der Waals surface area contributed by atoms with Crippen LogP contribution in [0.15, 0.2) is 36.5 Å². The predicted molar refractivity (Wildman–Crippen MR) is 96.5 cm³/mol. The molecule has 1 fully saturated rings. The second kappa shape index (κ2) is 8.03. The van der Waals surface area contributed by atoms with Gasteiger partial charge in [-0.05, 0) is 30.2 Å². The van der Waals surface area contributed by atoms with Gasteiger partial charge in [0, 0.05) is 45.0 Å². The summed E-state index contributed by atoms with van der Waals surface area (Å²) < 4.78 is 6.99. The molecule has 7 heteroatoms. The van der Waals surface area contributed by atoms with Gasteiger partial charge in [-0.15, -0.1) is 0 Å². The number of nitrogens with zero attached hydrogens (tertiary/aromatic N) is 4. The minimum absolute atomic E-state index is 0.0144. The predicted octanol–water partition coefficient (Wildman–Crippen LogP) is 1.23. The number of rotatable bonds is 6. The Balaban J connectivity index is 1.52. The van der Waals surface area contributed by atoms with Gasteiger partial charge in [-0.1, -0.05) is 12.1 Å². The van der Waals surface area contributed by atoms with Crippen LogP contribution in [0.4, 0.5) is 0 Å². The molecule has 0 N–H and O–H groups in total. The molecule has 0 saturated carbocycles. The Labute approximate surface area is 153 Å². The van der Waals surface area contributed by atoms with Crippen molar-refractivity contribution >= 4 is 11.8 Å². The van der Waals surface area contributed by atoms with Gasteiger partial charge in [-0.25, -0.2) is 0 Å². The number of carbonyl (C=O) groups is 2. The summed E-state index contributed by atoms with van der Waals surface area (Å²) >= 11 is 0. The molecule has 138 valence electrons. The lowest BCUT2D eigenvalue weighted by Gasteiger charge is -2.34. The number of methoxy groups -OCH3 is 1. The van der Waals surface area contributed by atoms with Crippen LogP contribution in [-0.2, 0) is 29.6 Å². The normalized spacial score (nSPS) is 14.6. The van der Waals surface area contributed by atoms with Crippen LogP contribution < -0.4 is 4.74 Å².